The number of hydrogen-bond donors (Lipinski definition) is 1. The van der Waals surface area contributed by atoms with Crippen molar-refractivity contribution in [1.82, 2.24) is 10.5 Å². The number of aryl methyl sites for hydroxylation is 1. The van der Waals surface area contributed by atoms with E-state index in [1.54, 1.807) is 19.1 Å². The van der Waals surface area contributed by atoms with E-state index in [0.29, 0.717) is 23.7 Å². The van der Waals surface area contributed by atoms with Crippen molar-refractivity contribution in [3.05, 3.63) is 46.7 Å². The molecule has 1 amide bonds. The van der Waals surface area contributed by atoms with Crippen molar-refractivity contribution in [3.8, 4) is 5.88 Å². The summed E-state index contributed by atoms with van der Waals surface area (Å²) in [6.07, 6.45) is 0.658. The summed E-state index contributed by atoms with van der Waals surface area (Å²) in [6, 6.07) is 8.89. The molecule has 0 fully saturated rings. The largest absolute Gasteiger partial charge is 0.463 e. The molecule has 0 atom stereocenters. The van der Waals surface area contributed by atoms with Crippen molar-refractivity contribution in [2.75, 3.05) is 19.8 Å². The number of rotatable bonds is 8. The first-order chi connectivity index (χ1) is 11.5. The maximum absolute atomic E-state index is 11.6. The number of carbonyl (C=O) groups is 2. The van der Waals surface area contributed by atoms with Crippen molar-refractivity contribution in [2.24, 2.45) is 0 Å². The Morgan fingerprint density at radius 2 is 2.00 bits per heavy atom. The van der Waals surface area contributed by atoms with E-state index >= 15 is 0 Å². The van der Waals surface area contributed by atoms with Gasteiger partial charge in [-0.3, -0.25) is 4.79 Å². The lowest BCUT2D eigenvalue weighted by molar-refractivity contribution is -0.150. The topological polar surface area (TPSA) is 90.7 Å². The van der Waals surface area contributed by atoms with Gasteiger partial charge in [0.25, 0.3) is 11.8 Å². The van der Waals surface area contributed by atoms with Gasteiger partial charge in [0.1, 0.15) is 5.76 Å². The van der Waals surface area contributed by atoms with Crippen molar-refractivity contribution < 1.29 is 23.6 Å². The Kier molecular flexibility index (Phi) is 6.62. The molecule has 0 spiro atoms. The third-order valence-corrected chi connectivity index (χ3v) is 3.21. The van der Waals surface area contributed by atoms with Crippen molar-refractivity contribution in [1.29, 1.82) is 0 Å². The number of benzene rings is 1. The highest BCUT2D eigenvalue weighted by atomic mass is 35.5. The summed E-state index contributed by atoms with van der Waals surface area (Å²) in [5.41, 5.74) is 1.05. The molecule has 0 unspecified atom stereocenters. The second-order valence-electron chi connectivity index (χ2n) is 4.95. The van der Waals surface area contributed by atoms with Crippen LogP contribution in [0.15, 0.2) is 34.9 Å². The quantitative estimate of drug-likeness (QED) is 0.730. The number of aromatic nitrogens is 1. The molecule has 0 saturated heterocycles. The van der Waals surface area contributed by atoms with Gasteiger partial charge >= 0.3 is 5.97 Å². The predicted molar refractivity (Wildman–Crippen MR) is 85.9 cm³/mol. The SMILES string of the molecule is Cc1cc(OCC(=O)OCC(=O)NCCc2ccc(Cl)cc2)no1. The minimum atomic E-state index is -0.663. The fourth-order valence-electron chi connectivity index (χ4n) is 1.78. The van der Waals surface area contributed by atoms with Crippen molar-refractivity contribution >= 4 is 23.5 Å². The predicted octanol–water partition coefficient (Wildman–Crippen LogP) is 1.92. The Labute approximate surface area is 143 Å². The molecule has 0 aliphatic rings. The summed E-state index contributed by atoms with van der Waals surface area (Å²) in [5, 5.41) is 6.89. The Morgan fingerprint density at radius 3 is 2.67 bits per heavy atom. The van der Waals surface area contributed by atoms with Gasteiger partial charge in [-0.1, -0.05) is 23.7 Å². The van der Waals surface area contributed by atoms with Crippen LogP contribution in [0.4, 0.5) is 0 Å². The van der Waals surface area contributed by atoms with Crippen molar-refractivity contribution in [3.63, 3.8) is 0 Å². The van der Waals surface area contributed by atoms with Crippen LogP contribution in [0.1, 0.15) is 11.3 Å². The summed E-state index contributed by atoms with van der Waals surface area (Å²) in [7, 11) is 0. The molecule has 0 aliphatic carbocycles. The number of nitrogens with one attached hydrogen (secondary N) is 1. The molecular weight excluding hydrogens is 336 g/mol. The summed E-state index contributed by atoms with van der Waals surface area (Å²) in [4.78, 5) is 23.0. The average molecular weight is 353 g/mol. The number of halogens is 1. The van der Waals surface area contributed by atoms with Gasteiger partial charge in [0, 0.05) is 17.6 Å². The zero-order valence-electron chi connectivity index (χ0n) is 13.1. The lowest BCUT2D eigenvalue weighted by Gasteiger charge is -2.07. The first-order valence-corrected chi connectivity index (χ1v) is 7.63. The van der Waals surface area contributed by atoms with Crippen LogP contribution in [-0.2, 0) is 20.7 Å². The molecule has 2 rings (SSSR count). The van der Waals surface area contributed by atoms with Crippen LogP contribution in [0.3, 0.4) is 0 Å². The summed E-state index contributed by atoms with van der Waals surface area (Å²) in [5.74, 6) is -0.284. The van der Waals surface area contributed by atoms with E-state index in [2.05, 4.69) is 10.5 Å². The smallest absolute Gasteiger partial charge is 0.344 e. The number of ether oxygens (including phenoxy) is 2. The molecule has 1 heterocycles. The van der Waals surface area contributed by atoms with Gasteiger partial charge in [0.15, 0.2) is 13.2 Å². The molecule has 1 aromatic carbocycles. The van der Waals surface area contributed by atoms with Crippen LogP contribution >= 0.6 is 11.6 Å². The van der Waals surface area contributed by atoms with Gasteiger partial charge in [-0.15, -0.1) is 0 Å². The van der Waals surface area contributed by atoms with E-state index in [1.807, 2.05) is 12.1 Å². The van der Waals surface area contributed by atoms with Gasteiger partial charge in [-0.2, -0.15) is 0 Å². The van der Waals surface area contributed by atoms with E-state index in [0.717, 1.165) is 5.56 Å². The molecule has 1 aromatic heterocycles. The molecule has 7 nitrogen and oxygen atoms in total. The summed E-state index contributed by atoms with van der Waals surface area (Å²) in [6.45, 7) is 1.43. The Bertz CT molecular complexity index is 684. The molecule has 24 heavy (non-hydrogen) atoms. The number of nitrogens with zero attached hydrogens (tertiary/aromatic N) is 1. The highest BCUT2D eigenvalue weighted by Gasteiger charge is 2.10. The molecule has 0 saturated carbocycles. The zero-order chi connectivity index (χ0) is 17.4. The number of amides is 1. The minimum Gasteiger partial charge on any atom is -0.463 e. The van der Waals surface area contributed by atoms with Gasteiger partial charge in [0.2, 0.25) is 0 Å². The van der Waals surface area contributed by atoms with Crippen LogP contribution in [0.5, 0.6) is 5.88 Å². The second kappa shape index (κ2) is 8.93. The highest BCUT2D eigenvalue weighted by molar-refractivity contribution is 6.30. The van der Waals surface area contributed by atoms with Gasteiger partial charge < -0.3 is 19.3 Å². The van der Waals surface area contributed by atoms with Crippen LogP contribution in [0, 0.1) is 6.92 Å². The highest BCUT2D eigenvalue weighted by Crippen LogP contribution is 2.10. The molecule has 1 N–H and O–H groups in total. The van der Waals surface area contributed by atoms with E-state index in [4.69, 9.17) is 25.6 Å². The maximum Gasteiger partial charge on any atom is 0.344 e. The zero-order valence-corrected chi connectivity index (χ0v) is 13.8. The molecular formula is C16H17ClN2O5. The van der Waals surface area contributed by atoms with Crippen molar-refractivity contribution in [2.45, 2.75) is 13.3 Å². The van der Waals surface area contributed by atoms with Crippen LogP contribution in [-0.4, -0.2) is 36.8 Å². The fraction of sp³-hybridized carbons (Fsp3) is 0.312. The normalized spacial score (nSPS) is 10.2. The molecule has 0 radical (unpaired) electrons. The first kappa shape index (κ1) is 17.8. The fourth-order valence-corrected chi connectivity index (χ4v) is 1.91. The second-order valence-corrected chi connectivity index (χ2v) is 5.39. The van der Waals surface area contributed by atoms with E-state index in [1.165, 1.54) is 6.07 Å². The van der Waals surface area contributed by atoms with Gasteiger partial charge in [-0.05, 0) is 36.2 Å². The third kappa shape index (κ3) is 6.29. The van der Waals surface area contributed by atoms with Crippen LogP contribution in [0.25, 0.3) is 0 Å². The average Bonchev–Trinajstić information content (AvgIpc) is 2.98. The van der Waals surface area contributed by atoms with Crippen LogP contribution < -0.4 is 10.1 Å². The number of carbonyl (C=O) groups excluding carboxylic acids is 2. The summed E-state index contributed by atoms with van der Waals surface area (Å²) < 4.78 is 14.6. The Morgan fingerprint density at radius 1 is 1.25 bits per heavy atom. The minimum absolute atomic E-state index is 0.192. The first-order valence-electron chi connectivity index (χ1n) is 7.26. The van der Waals surface area contributed by atoms with Gasteiger partial charge in [0.05, 0.1) is 0 Å². The molecule has 128 valence electrons. The number of esters is 1. The Balaban J connectivity index is 1.58. The maximum atomic E-state index is 11.6. The van der Waals surface area contributed by atoms with E-state index in [9.17, 15) is 9.59 Å². The Hall–Kier alpha value is -2.54. The van der Waals surface area contributed by atoms with Gasteiger partial charge in [-0.25, -0.2) is 4.79 Å². The third-order valence-electron chi connectivity index (χ3n) is 2.96. The lowest BCUT2D eigenvalue weighted by Crippen LogP contribution is -2.31. The lowest BCUT2D eigenvalue weighted by atomic mass is 10.1. The number of hydrogen-bond acceptors (Lipinski definition) is 6. The monoisotopic (exact) mass is 352 g/mol. The molecule has 0 bridgehead atoms. The molecule has 8 heteroatoms. The molecule has 0 aliphatic heterocycles. The standard InChI is InChI=1S/C16H17ClN2O5/c1-11-8-15(19-24-11)22-10-16(21)23-9-14(20)18-7-6-12-2-4-13(17)5-3-12/h2-5,8H,6-7,9-10H2,1H3,(H,18,20). The van der Waals surface area contributed by atoms with E-state index < -0.39 is 5.97 Å². The van der Waals surface area contributed by atoms with Crippen LogP contribution in [0.2, 0.25) is 5.02 Å². The van der Waals surface area contributed by atoms with E-state index in [-0.39, 0.29) is 25.0 Å². The molecule has 2 aromatic rings. The summed E-state index contributed by atoms with van der Waals surface area (Å²) >= 11 is 5.80.